The van der Waals surface area contributed by atoms with Crippen LogP contribution >= 0.6 is 8.73 Å². The molecule has 0 amide bonds. The van der Waals surface area contributed by atoms with E-state index in [2.05, 4.69) is 0 Å². The SMILES string of the molecule is Cc1cc(B(O)O)c(F)c(N(C)PC2CC2)c1. The third-order valence-electron chi connectivity index (χ3n) is 2.82. The summed E-state index contributed by atoms with van der Waals surface area (Å²) in [6.07, 6.45) is 2.43. The van der Waals surface area contributed by atoms with Crippen LogP contribution in [0.2, 0.25) is 0 Å². The van der Waals surface area contributed by atoms with Crippen LogP contribution in [0.4, 0.5) is 10.1 Å². The maximum atomic E-state index is 14.1. The minimum atomic E-state index is -1.76. The van der Waals surface area contributed by atoms with Crippen molar-refractivity contribution in [3.63, 3.8) is 0 Å². The Bertz CT molecular complexity index is 426. The Hall–Kier alpha value is -0.635. The van der Waals surface area contributed by atoms with E-state index in [4.69, 9.17) is 10.0 Å². The number of hydrogen-bond acceptors (Lipinski definition) is 3. The Morgan fingerprint density at radius 1 is 1.41 bits per heavy atom. The summed E-state index contributed by atoms with van der Waals surface area (Å²) in [6.45, 7) is 1.82. The highest BCUT2D eigenvalue weighted by Gasteiger charge is 2.26. The van der Waals surface area contributed by atoms with E-state index in [0.29, 0.717) is 20.1 Å². The number of benzene rings is 1. The maximum absolute atomic E-state index is 14.1. The zero-order valence-electron chi connectivity index (χ0n) is 9.94. The van der Waals surface area contributed by atoms with Crippen molar-refractivity contribution in [2.45, 2.75) is 25.4 Å². The number of hydrogen-bond donors (Lipinski definition) is 2. The number of anilines is 1. The molecule has 1 fully saturated rings. The summed E-state index contributed by atoms with van der Waals surface area (Å²) in [5, 5.41) is 18.3. The predicted molar refractivity (Wildman–Crippen MR) is 70.7 cm³/mol. The molecule has 0 aliphatic heterocycles. The van der Waals surface area contributed by atoms with Crippen molar-refractivity contribution in [3.05, 3.63) is 23.5 Å². The average Bonchev–Trinajstić information content (AvgIpc) is 3.04. The van der Waals surface area contributed by atoms with Crippen LogP contribution in [0.25, 0.3) is 0 Å². The Kier molecular flexibility index (Phi) is 3.71. The fraction of sp³-hybridized carbons (Fsp3) is 0.455. The number of rotatable bonds is 4. The van der Waals surface area contributed by atoms with Gasteiger partial charge >= 0.3 is 7.12 Å². The first-order valence-corrected chi connectivity index (χ1v) is 6.67. The molecule has 6 heteroatoms. The summed E-state index contributed by atoms with van der Waals surface area (Å²) in [4.78, 5) is 0. The number of halogens is 1. The van der Waals surface area contributed by atoms with E-state index >= 15 is 0 Å². The summed E-state index contributed by atoms with van der Waals surface area (Å²) in [5.74, 6) is -0.527. The van der Waals surface area contributed by atoms with Crippen molar-refractivity contribution in [3.8, 4) is 0 Å². The van der Waals surface area contributed by atoms with Crippen molar-refractivity contribution in [1.29, 1.82) is 0 Å². The van der Waals surface area contributed by atoms with Gasteiger partial charge < -0.3 is 14.7 Å². The monoisotopic (exact) mass is 255 g/mol. The quantitative estimate of drug-likeness (QED) is 0.623. The molecule has 0 spiro atoms. The summed E-state index contributed by atoms with van der Waals surface area (Å²) in [7, 11) is 0.655. The minimum absolute atomic E-state index is 0.0487. The van der Waals surface area contributed by atoms with E-state index in [1.165, 1.54) is 18.9 Å². The molecule has 0 heterocycles. The molecule has 0 saturated heterocycles. The van der Waals surface area contributed by atoms with Gasteiger partial charge in [0.05, 0.1) is 5.69 Å². The second kappa shape index (κ2) is 4.93. The molecule has 1 aliphatic rings. The lowest BCUT2D eigenvalue weighted by Gasteiger charge is -2.21. The number of aryl methyl sites for hydroxylation is 1. The van der Waals surface area contributed by atoms with Gasteiger partial charge in [0.15, 0.2) is 0 Å². The Morgan fingerprint density at radius 2 is 2.06 bits per heavy atom. The fourth-order valence-electron chi connectivity index (χ4n) is 1.76. The van der Waals surface area contributed by atoms with E-state index in [9.17, 15) is 4.39 Å². The average molecular weight is 255 g/mol. The minimum Gasteiger partial charge on any atom is -0.423 e. The number of nitrogens with zero attached hydrogens (tertiary/aromatic N) is 1. The van der Waals surface area contributed by atoms with Crippen LogP contribution in [-0.4, -0.2) is 29.9 Å². The second-order valence-corrected chi connectivity index (χ2v) is 6.27. The Balaban J connectivity index is 2.30. The fourth-order valence-corrected chi connectivity index (χ4v) is 3.04. The van der Waals surface area contributed by atoms with Gasteiger partial charge in [0.25, 0.3) is 0 Å². The molecule has 17 heavy (non-hydrogen) atoms. The van der Waals surface area contributed by atoms with E-state index < -0.39 is 12.9 Å². The molecule has 3 nitrogen and oxygen atoms in total. The molecule has 1 unspecified atom stereocenters. The first-order valence-electron chi connectivity index (χ1n) is 5.65. The molecule has 1 aromatic rings. The van der Waals surface area contributed by atoms with Gasteiger partial charge in [0.1, 0.15) is 5.82 Å². The summed E-state index contributed by atoms with van der Waals surface area (Å²) in [6, 6.07) is 3.22. The molecule has 0 aromatic heterocycles. The van der Waals surface area contributed by atoms with Crippen LogP contribution in [0, 0.1) is 12.7 Å². The molecular weight excluding hydrogens is 239 g/mol. The highest BCUT2D eigenvalue weighted by atomic mass is 31.1. The maximum Gasteiger partial charge on any atom is 0.491 e. The van der Waals surface area contributed by atoms with Crippen molar-refractivity contribution in [1.82, 2.24) is 0 Å². The molecule has 1 atom stereocenters. The van der Waals surface area contributed by atoms with Crippen molar-refractivity contribution >= 4 is 27.0 Å². The van der Waals surface area contributed by atoms with Gasteiger partial charge in [-0.05, 0) is 45.8 Å². The highest BCUT2D eigenvalue weighted by molar-refractivity contribution is 7.41. The van der Waals surface area contributed by atoms with Crippen LogP contribution in [0.1, 0.15) is 18.4 Å². The van der Waals surface area contributed by atoms with Gasteiger partial charge in [0, 0.05) is 12.5 Å². The lowest BCUT2D eigenvalue weighted by molar-refractivity contribution is 0.423. The lowest BCUT2D eigenvalue weighted by atomic mass is 9.79. The van der Waals surface area contributed by atoms with Gasteiger partial charge in [-0.2, -0.15) is 0 Å². The van der Waals surface area contributed by atoms with Crippen LogP contribution in [0.15, 0.2) is 12.1 Å². The molecule has 1 aromatic carbocycles. The zero-order chi connectivity index (χ0) is 12.6. The molecule has 2 N–H and O–H groups in total. The van der Waals surface area contributed by atoms with Crippen LogP contribution < -0.4 is 10.1 Å². The van der Waals surface area contributed by atoms with E-state index in [1.54, 1.807) is 6.07 Å². The molecule has 2 rings (SSSR count). The lowest BCUT2D eigenvalue weighted by Crippen LogP contribution is -2.34. The first-order chi connectivity index (χ1) is 7.99. The smallest absolute Gasteiger partial charge is 0.423 e. The molecule has 0 radical (unpaired) electrons. The molecular formula is C11H16BFNO2P. The van der Waals surface area contributed by atoms with Gasteiger partial charge in [-0.25, -0.2) is 4.39 Å². The van der Waals surface area contributed by atoms with Gasteiger partial charge in [-0.15, -0.1) is 0 Å². The Morgan fingerprint density at radius 3 is 2.59 bits per heavy atom. The normalized spacial score (nSPS) is 15.6. The van der Waals surface area contributed by atoms with Crippen LogP contribution in [-0.2, 0) is 0 Å². The third kappa shape index (κ3) is 2.98. The summed E-state index contributed by atoms with van der Waals surface area (Å²) >= 11 is 0. The molecule has 1 aliphatic carbocycles. The Labute approximate surface area is 103 Å². The third-order valence-corrected chi connectivity index (χ3v) is 4.39. The van der Waals surface area contributed by atoms with E-state index in [-0.39, 0.29) is 5.46 Å². The molecule has 92 valence electrons. The van der Waals surface area contributed by atoms with Crippen molar-refractivity contribution in [2.75, 3.05) is 11.7 Å². The van der Waals surface area contributed by atoms with E-state index in [0.717, 1.165) is 5.56 Å². The van der Waals surface area contributed by atoms with E-state index in [1.807, 2.05) is 18.6 Å². The van der Waals surface area contributed by atoms with Gasteiger partial charge in [0.2, 0.25) is 0 Å². The first kappa shape index (κ1) is 12.8. The van der Waals surface area contributed by atoms with Crippen molar-refractivity contribution in [2.24, 2.45) is 0 Å². The largest absolute Gasteiger partial charge is 0.491 e. The van der Waals surface area contributed by atoms with Gasteiger partial charge in [-0.1, -0.05) is 6.07 Å². The summed E-state index contributed by atoms with van der Waals surface area (Å²) < 4.78 is 15.9. The zero-order valence-corrected chi connectivity index (χ0v) is 10.9. The topological polar surface area (TPSA) is 43.7 Å². The van der Waals surface area contributed by atoms with Gasteiger partial charge in [-0.3, -0.25) is 0 Å². The molecule has 1 saturated carbocycles. The highest BCUT2D eigenvalue weighted by Crippen LogP contribution is 2.43. The summed E-state index contributed by atoms with van der Waals surface area (Å²) in [5.41, 5.74) is 1.92. The molecule has 0 bridgehead atoms. The predicted octanol–water partition coefficient (Wildman–Crippen LogP) is 1.01. The second-order valence-electron chi connectivity index (χ2n) is 4.52. The van der Waals surface area contributed by atoms with Crippen LogP contribution in [0.3, 0.4) is 0 Å². The van der Waals surface area contributed by atoms with Crippen LogP contribution in [0.5, 0.6) is 0 Å². The standard InChI is InChI=1S/C11H16BFNO2P/c1-7-5-9(12(15)16)11(13)10(6-7)14(2)17-8-3-4-8/h5-6,8,15-17H,3-4H2,1-2H3. The van der Waals surface area contributed by atoms with Crippen molar-refractivity contribution < 1.29 is 14.4 Å².